The van der Waals surface area contributed by atoms with E-state index in [2.05, 4.69) is 0 Å². The van der Waals surface area contributed by atoms with Gasteiger partial charge in [-0.2, -0.15) is 0 Å². The fourth-order valence-electron chi connectivity index (χ4n) is 2.93. The molecule has 0 spiro atoms. The second kappa shape index (κ2) is 7.46. The number of nitrogens with zero attached hydrogens (tertiary/aromatic N) is 1. The number of rotatable bonds is 6. The first-order valence-electron chi connectivity index (χ1n) is 8.18. The Morgan fingerprint density at radius 2 is 1.63 bits per heavy atom. The molecule has 0 aliphatic heterocycles. The van der Waals surface area contributed by atoms with Gasteiger partial charge in [0.25, 0.3) is 0 Å². The van der Waals surface area contributed by atoms with Crippen LogP contribution in [0, 0.1) is 0 Å². The maximum absolute atomic E-state index is 12.9. The molecule has 7 heteroatoms. The Bertz CT molecular complexity index is 1090. The molecular formula is C20H21NO5Se. The van der Waals surface area contributed by atoms with Gasteiger partial charge in [-0.3, -0.25) is 0 Å². The molecule has 0 bridgehead atoms. The summed E-state index contributed by atoms with van der Waals surface area (Å²) in [6, 6.07) is 10.7. The van der Waals surface area contributed by atoms with E-state index in [0.29, 0.717) is 17.2 Å². The zero-order valence-corrected chi connectivity index (χ0v) is 17.3. The Hall–Kier alpha value is -2.76. The molecule has 0 aliphatic carbocycles. The van der Waals surface area contributed by atoms with E-state index in [0.717, 1.165) is 16.5 Å². The second-order valence-corrected chi connectivity index (χ2v) is 9.76. The number of fused-ring (bicyclic) bond motifs is 1. The summed E-state index contributed by atoms with van der Waals surface area (Å²) in [7, 11) is 6.33. The van der Waals surface area contributed by atoms with Gasteiger partial charge in [-0.1, -0.05) is 0 Å². The van der Waals surface area contributed by atoms with Crippen LogP contribution in [-0.2, 0) is 14.7 Å². The molecule has 0 N–H and O–H groups in total. The van der Waals surface area contributed by atoms with E-state index in [4.69, 9.17) is 14.2 Å². The number of ether oxygens (including phenoxy) is 3. The fourth-order valence-corrected chi connectivity index (χ4v) is 5.09. The first kappa shape index (κ1) is 19.0. The summed E-state index contributed by atoms with van der Waals surface area (Å²) < 4.78 is 43.7. The van der Waals surface area contributed by atoms with Crippen molar-refractivity contribution >= 4 is 34.1 Å². The van der Waals surface area contributed by atoms with Crippen LogP contribution in [0.4, 0.5) is 0 Å². The number of benzene rings is 2. The SMILES string of the molecule is COc1cc([Se](=O)(=O)/C=C/c2cccc3c2ccn3C)cc(OC)c1OC. The molecule has 3 aromatic rings. The average molecular weight is 434 g/mol. The van der Waals surface area contributed by atoms with Gasteiger partial charge in [0.15, 0.2) is 0 Å². The molecule has 3 rings (SSSR count). The standard InChI is InChI=1S/C20H21NO5Se/c1-21-10-8-16-14(6-5-7-17(16)21)9-11-27(22,23)15-12-18(24-2)20(26-4)19(13-15)25-3/h5-13H,1-4H3/b11-9+. The monoisotopic (exact) mass is 435 g/mol. The molecule has 6 nitrogen and oxygen atoms in total. The molecule has 0 fully saturated rings. The quantitative estimate of drug-likeness (QED) is 0.559. The molecular weight excluding hydrogens is 413 g/mol. The van der Waals surface area contributed by atoms with Crippen molar-refractivity contribution in [3.63, 3.8) is 0 Å². The van der Waals surface area contributed by atoms with E-state index < -0.39 is 12.7 Å². The van der Waals surface area contributed by atoms with E-state index in [1.807, 2.05) is 42.1 Å². The molecule has 2 aromatic carbocycles. The summed E-state index contributed by atoms with van der Waals surface area (Å²) in [4.78, 5) is 1.26. The normalized spacial score (nSPS) is 11.9. The van der Waals surface area contributed by atoms with Crippen LogP contribution in [0.15, 0.2) is 47.6 Å². The van der Waals surface area contributed by atoms with Crippen LogP contribution in [0.5, 0.6) is 17.2 Å². The summed E-state index contributed by atoms with van der Waals surface area (Å²) in [5.74, 6) is 0.965. The molecule has 0 saturated carbocycles. The van der Waals surface area contributed by atoms with E-state index in [1.54, 1.807) is 6.08 Å². The molecule has 0 atom stereocenters. The Morgan fingerprint density at radius 3 is 2.22 bits per heavy atom. The summed E-state index contributed by atoms with van der Waals surface area (Å²) in [5.41, 5.74) is 1.88. The first-order chi connectivity index (χ1) is 12.9. The molecule has 0 unspecified atom stereocenters. The third-order valence-corrected chi connectivity index (χ3v) is 7.27. The molecule has 1 aromatic heterocycles. The number of aryl methyl sites for hydroxylation is 1. The zero-order chi connectivity index (χ0) is 19.6. The van der Waals surface area contributed by atoms with Crippen LogP contribution in [0.25, 0.3) is 17.0 Å². The van der Waals surface area contributed by atoms with Gasteiger partial charge in [0.2, 0.25) is 0 Å². The van der Waals surface area contributed by atoms with Gasteiger partial charge in [-0.25, -0.2) is 0 Å². The minimum absolute atomic E-state index is 0.136. The third-order valence-electron chi connectivity index (χ3n) is 4.36. The molecule has 27 heavy (non-hydrogen) atoms. The minimum atomic E-state index is -4.58. The van der Waals surface area contributed by atoms with Crippen LogP contribution in [0.3, 0.4) is 0 Å². The van der Waals surface area contributed by atoms with Crippen LogP contribution >= 0.6 is 0 Å². The van der Waals surface area contributed by atoms with Crippen molar-refractivity contribution in [2.75, 3.05) is 21.3 Å². The predicted octanol–water partition coefficient (Wildman–Crippen LogP) is 2.97. The topological polar surface area (TPSA) is 66.8 Å². The van der Waals surface area contributed by atoms with Crippen molar-refractivity contribution < 1.29 is 21.9 Å². The molecule has 142 valence electrons. The summed E-state index contributed by atoms with van der Waals surface area (Å²) in [5, 5.41) is 0.994. The first-order valence-corrected chi connectivity index (χ1v) is 11.4. The van der Waals surface area contributed by atoms with Gasteiger partial charge < -0.3 is 0 Å². The molecule has 0 aliphatic rings. The number of methoxy groups -OCH3 is 3. The van der Waals surface area contributed by atoms with Crippen LogP contribution in [-0.4, -0.2) is 38.6 Å². The van der Waals surface area contributed by atoms with Crippen LogP contribution in [0.2, 0.25) is 0 Å². The van der Waals surface area contributed by atoms with Crippen molar-refractivity contribution in [2.24, 2.45) is 7.05 Å². The number of hydrogen-bond donors (Lipinski definition) is 0. The fraction of sp³-hybridized carbons (Fsp3) is 0.200. The van der Waals surface area contributed by atoms with Crippen molar-refractivity contribution in [1.29, 1.82) is 0 Å². The van der Waals surface area contributed by atoms with Crippen molar-refractivity contribution in [1.82, 2.24) is 4.57 Å². The molecule has 0 radical (unpaired) electrons. The summed E-state index contributed by atoms with van der Waals surface area (Å²) in [6.07, 6.45) is 3.58. The third kappa shape index (κ3) is 3.56. The van der Waals surface area contributed by atoms with Gasteiger partial charge in [0, 0.05) is 0 Å². The van der Waals surface area contributed by atoms with Crippen molar-refractivity contribution in [3.05, 3.63) is 53.1 Å². The zero-order valence-electron chi connectivity index (χ0n) is 15.6. The average Bonchev–Trinajstić information content (AvgIpc) is 3.06. The Balaban J connectivity index is 2.05. The van der Waals surface area contributed by atoms with E-state index in [1.165, 1.54) is 38.4 Å². The molecule has 0 saturated heterocycles. The van der Waals surface area contributed by atoms with Gasteiger partial charge in [0.05, 0.1) is 0 Å². The van der Waals surface area contributed by atoms with Gasteiger partial charge >= 0.3 is 159 Å². The van der Waals surface area contributed by atoms with Crippen molar-refractivity contribution in [3.8, 4) is 17.2 Å². The summed E-state index contributed by atoms with van der Waals surface area (Å²) >= 11 is -4.58. The Morgan fingerprint density at radius 1 is 0.963 bits per heavy atom. The van der Waals surface area contributed by atoms with E-state index >= 15 is 0 Å². The van der Waals surface area contributed by atoms with Gasteiger partial charge in [-0.05, 0) is 0 Å². The molecule has 1 heterocycles. The number of aromatic nitrogens is 1. The molecule has 0 amide bonds. The number of hydrogen-bond acceptors (Lipinski definition) is 5. The predicted molar refractivity (Wildman–Crippen MR) is 105 cm³/mol. The van der Waals surface area contributed by atoms with E-state index in [-0.39, 0.29) is 4.46 Å². The van der Waals surface area contributed by atoms with Crippen LogP contribution in [0.1, 0.15) is 5.56 Å². The van der Waals surface area contributed by atoms with Crippen molar-refractivity contribution in [2.45, 2.75) is 0 Å². The maximum atomic E-state index is 12.9. The Kier molecular flexibility index (Phi) is 5.26. The van der Waals surface area contributed by atoms with E-state index in [9.17, 15) is 7.67 Å². The van der Waals surface area contributed by atoms with Gasteiger partial charge in [0.1, 0.15) is 0 Å². The Labute approximate surface area is 159 Å². The summed E-state index contributed by atoms with van der Waals surface area (Å²) in [6.45, 7) is 0. The van der Waals surface area contributed by atoms with Gasteiger partial charge in [-0.15, -0.1) is 0 Å². The van der Waals surface area contributed by atoms with Crippen LogP contribution < -0.4 is 18.7 Å². The second-order valence-electron chi connectivity index (χ2n) is 5.92.